The molecule has 0 aliphatic carbocycles. The molecule has 0 N–H and O–H groups in total. The Kier molecular flexibility index (Phi) is 3.38. The maximum atomic E-state index is 11.7. The highest BCUT2D eigenvalue weighted by atomic mass is 32.1. The van der Waals surface area contributed by atoms with Gasteiger partial charge < -0.3 is 9.47 Å². The second-order valence-corrected chi connectivity index (χ2v) is 5.27. The van der Waals surface area contributed by atoms with Crippen molar-refractivity contribution in [2.24, 2.45) is 0 Å². The van der Waals surface area contributed by atoms with Crippen molar-refractivity contribution in [3.8, 4) is 6.07 Å². The highest BCUT2D eigenvalue weighted by molar-refractivity contribution is 7.16. The standard InChI is InChI=1S/C12H12N4O3S/c1-2-18-11(17)9-7(6-13)16-12(14-9)20-10(15-16)8-4-3-5-19-8/h8H,2-5H2,1H3. The van der Waals surface area contributed by atoms with Gasteiger partial charge in [0.25, 0.3) is 0 Å². The summed E-state index contributed by atoms with van der Waals surface area (Å²) in [7, 11) is 0. The number of hydrogen-bond acceptors (Lipinski definition) is 7. The van der Waals surface area contributed by atoms with Gasteiger partial charge in [-0.2, -0.15) is 14.9 Å². The number of fused-ring (bicyclic) bond motifs is 1. The zero-order chi connectivity index (χ0) is 14.1. The van der Waals surface area contributed by atoms with Crippen LogP contribution in [0.15, 0.2) is 0 Å². The molecule has 1 fully saturated rings. The number of carbonyl (C=O) groups is 1. The minimum Gasteiger partial charge on any atom is -0.461 e. The smallest absolute Gasteiger partial charge is 0.360 e. The first-order chi connectivity index (χ1) is 9.74. The monoisotopic (exact) mass is 292 g/mol. The fraction of sp³-hybridized carbons (Fsp3) is 0.500. The van der Waals surface area contributed by atoms with Gasteiger partial charge in [-0.05, 0) is 19.8 Å². The maximum Gasteiger partial charge on any atom is 0.360 e. The van der Waals surface area contributed by atoms with Gasteiger partial charge in [0.1, 0.15) is 17.2 Å². The normalized spacial score (nSPS) is 18.3. The van der Waals surface area contributed by atoms with Crippen LogP contribution in [0, 0.1) is 11.3 Å². The molecule has 0 saturated carbocycles. The van der Waals surface area contributed by atoms with E-state index in [-0.39, 0.29) is 24.1 Å². The zero-order valence-electron chi connectivity index (χ0n) is 10.8. The fourth-order valence-corrected chi connectivity index (χ4v) is 3.09. The Hall–Kier alpha value is -1.98. The molecule has 0 bridgehead atoms. The van der Waals surface area contributed by atoms with Crippen LogP contribution in [0.1, 0.15) is 47.1 Å². The molecule has 3 rings (SSSR count). The van der Waals surface area contributed by atoms with E-state index in [1.807, 2.05) is 6.07 Å². The average molecular weight is 292 g/mol. The molecule has 8 heteroatoms. The number of esters is 1. The van der Waals surface area contributed by atoms with Crippen LogP contribution in [-0.4, -0.2) is 33.8 Å². The number of nitriles is 1. The number of carbonyl (C=O) groups excluding carboxylic acids is 1. The van der Waals surface area contributed by atoms with Crippen LogP contribution >= 0.6 is 11.3 Å². The molecule has 0 radical (unpaired) electrons. The molecule has 1 atom stereocenters. The fourth-order valence-electron chi connectivity index (χ4n) is 2.11. The number of nitrogens with zero attached hydrogens (tertiary/aromatic N) is 4. The van der Waals surface area contributed by atoms with Crippen molar-refractivity contribution in [3.63, 3.8) is 0 Å². The molecule has 2 aromatic rings. The summed E-state index contributed by atoms with van der Waals surface area (Å²) in [5.41, 5.74) is 0.130. The number of rotatable bonds is 3. The Labute approximate surface area is 118 Å². The zero-order valence-corrected chi connectivity index (χ0v) is 11.6. The number of hydrogen-bond donors (Lipinski definition) is 0. The largest absolute Gasteiger partial charge is 0.461 e. The van der Waals surface area contributed by atoms with Crippen molar-refractivity contribution in [3.05, 3.63) is 16.4 Å². The van der Waals surface area contributed by atoms with E-state index in [9.17, 15) is 10.1 Å². The summed E-state index contributed by atoms with van der Waals surface area (Å²) in [4.78, 5) is 16.4. The molecular formula is C12H12N4O3S. The van der Waals surface area contributed by atoms with E-state index < -0.39 is 5.97 Å². The van der Waals surface area contributed by atoms with E-state index in [1.165, 1.54) is 15.9 Å². The number of ether oxygens (including phenoxy) is 2. The van der Waals surface area contributed by atoms with Gasteiger partial charge >= 0.3 is 5.97 Å². The van der Waals surface area contributed by atoms with Crippen LogP contribution in [-0.2, 0) is 9.47 Å². The lowest BCUT2D eigenvalue weighted by Crippen LogP contribution is -2.08. The summed E-state index contributed by atoms with van der Waals surface area (Å²) in [6.07, 6.45) is 1.90. The number of aromatic nitrogens is 3. The van der Waals surface area contributed by atoms with Crippen LogP contribution in [0.4, 0.5) is 0 Å². The molecule has 1 aliphatic heterocycles. The molecule has 7 nitrogen and oxygen atoms in total. The van der Waals surface area contributed by atoms with E-state index in [0.717, 1.165) is 24.5 Å². The Morgan fingerprint density at radius 1 is 1.70 bits per heavy atom. The Balaban J connectivity index is 2.02. The summed E-state index contributed by atoms with van der Waals surface area (Å²) < 4.78 is 11.8. The van der Waals surface area contributed by atoms with Crippen molar-refractivity contribution in [2.75, 3.05) is 13.2 Å². The van der Waals surface area contributed by atoms with Crippen molar-refractivity contribution in [1.29, 1.82) is 5.26 Å². The molecule has 1 saturated heterocycles. The first kappa shape index (κ1) is 13.0. The lowest BCUT2D eigenvalue weighted by molar-refractivity contribution is 0.0520. The summed E-state index contributed by atoms with van der Waals surface area (Å²) in [5, 5.41) is 14.3. The van der Waals surface area contributed by atoms with Gasteiger partial charge in [-0.15, -0.1) is 0 Å². The topological polar surface area (TPSA) is 89.5 Å². The van der Waals surface area contributed by atoms with E-state index in [4.69, 9.17) is 9.47 Å². The highest BCUT2D eigenvalue weighted by Crippen LogP contribution is 2.32. The van der Waals surface area contributed by atoms with Gasteiger partial charge in [0, 0.05) is 6.61 Å². The molecular weight excluding hydrogens is 280 g/mol. The Bertz CT molecular complexity index is 693. The minimum absolute atomic E-state index is 0.0204. The third-order valence-corrected chi connectivity index (χ3v) is 4.00. The Morgan fingerprint density at radius 2 is 2.55 bits per heavy atom. The SMILES string of the molecule is CCOC(=O)c1nc2sc(C3CCCO3)nn2c1C#N. The predicted octanol–water partition coefficient (Wildman–Crippen LogP) is 1.69. The van der Waals surface area contributed by atoms with Gasteiger partial charge in [0.05, 0.1) is 6.61 Å². The van der Waals surface area contributed by atoms with Gasteiger partial charge in [-0.1, -0.05) is 11.3 Å². The van der Waals surface area contributed by atoms with Crippen molar-refractivity contribution in [1.82, 2.24) is 14.6 Å². The molecule has 0 amide bonds. The molecule has 0 spiro atoms. The van der Waals surface area contributed by atoms with Crippen molar-refractivity contribution >= 4 is 22.3 Å². The van der Waals surface area contributed by atoms with Crippen LogP contribution in [0.2, 0.25) is 0 Å². The Morgan fingerprint density at radius 3 is 3.20 bits per heavy atom. The first-order valence-electron chi connectivity index (χ1n) is 6.33. The molecule has 3 heterocycles. The van der Waals surface area contributed by atoms with Crippen LogP contribution < -0.4 is 0 Å². The average Bonchev–Trinajstić information content (AvgIpc) is 3.13. The molecule has 0 aromatic carbocycles. The van der Waals surface area contributed by atoms with Gasteiger partial charge in [0.15, 0.2) is 11.4 Å². The van der Waals surface area contributed by atoms with E-state index in [2.05, 4.69) is 10.1 Å². The third-order valence-electron chi connectivity index (χ3n) is 3.00. The first-order valence-corrected chi connectivity index (χ1v) is 7.14. The van der Waals surface area contributed by atoms with E-state index in [1.54, 1.807) is 6.92 Å². The molecule has 2 aromatic heterocycles. The summed E-state index contributed by atoms with van der Waals surface area (Å²) >= 11 is 1.34. The van der Waals surface area contributed by atoms with E-state index >= 15 is 0 Å². The van der Waals surface area contributed by atoms with Crippen molar-refractivity contribution < 1.29 is 14.3 Å². The van der Waals surface area contributed by atoms with E-state index in [0.29, 0.717) is 4.96 Å². The predicted molar refractivity (Wildman–Crippen MR) is 69.5 cm³/mol. The lowest BCUT2D eigenvalue weighted by Gasteiger charge is -2.02. The summed E-state index contributed by atoms with van der Waals surface area (Å²) in [6, 6.07) is 1.96. The number of imidazole rings is 1. The second kappa shape index (κ2) is 5.19. The maximum absolute atomic E-state index is 11.7. The van der Waals surface area contributed by atoms with Gasteiger partial charge in [-0.25, -0.2) is 9.78 Å². The summed E-state index contributed by atoms with van der Waals surface area (Å²) in [6.45, 7) is 2.67. The molecule has 1 unspecified atom stereocenters. The highest BCUT2D eigenvalue weighted by Gasteiger charge is 2.26. The molecule has 1 aliphatic rings. The molecule has 104 valence electrons. The second-order valence-electron chi connectivity index (χ2n) is 4.28. The van der Waals surface area contributed by atoms with Crippen LogP contribution in [0.5, 0.6) is 0 Å². The van der Waals surface area contributed by atoms with Gasteiger partial charge in [-0.3, -0.25) is 0 Å². The lowest BCUT2D eigenvalue weighted by atomic mass is 10.2. The van der Waals surface area contributed by atoms with Crippen molar-refractivity contribution in [2.45, 2.75) is 25.9 Å². The van der Waals surface area contributed by atoms with Crippen LogP contribution in [0.25, 0.3) is 4.96 Å². The quantitative estimate of drug-likeness (QED) is 0.800. The minimum atomic E-state index is -0.597. The van der Waals surface area contributed by atoms with Gasteiger partial charge in [0.2, 0.25) is 4.96 Å². The van der Waals surface area contributed by atoms with Crippen LogP contribution in [0.3, 0.4) is 0 Å². The molecule has 20 heavy (non-hydrogen) atoms. The third kappa shape index (κ3) is 2.05. The summed E-state index contributed by atoms with van der Waals surface area (Å²) in [5.74, 6) is -0.597.